The molecule has 1 aromatic carbocycles. The molecule has 0 radical (unpaired) electrons. The quantitative estimate of drug-likeness (QED) is 0.926. The third kappa shape index (κ3) is 3.66. The highest BCUT2D eigenvalue weighted by molar-refractivity contribution is 5.74. The van der Waals surface area contributed by atoms with Crippen LogP contribution in [0.2, 0.25) is 0 Å². The van der Waals surface area contributed by atoms with Gasteiger partial charge in [-0.3, -0.25) is 0 Å². The summed E-state index contributed by atoms with van der Waals surface area (Å²) in [6, 6.07) is 6.55. The van der Waals surface area contributed by atoms with E-state index in [4.69, 9.17) is 4.74 Å². The highest BCUT2D eigenvalue weighted by Gasteiger charge is 2.37. The number of hydrogen-bond acceptors (Lipinski definition) is 3. The van der Waals surface area contributed by atoms with Crippen LogP contribution in [-0.4, -0.2) is 55.7 Å². The van der Waals surface area contributed by atoms with Crippen LogP contribution in [0.25, 0.3) is 0 Å². The average Bonchev–Trinajstić information content (AvgIpc) is 2.59. The first-order valence-electron chi connectivity index (χ1n) is 8.95. The molecule has 2 atom stereocenters. The van der Waals surface area contributed by atoms with E-state index in [0.29, 0.717) is 18.5 Å². The summed E-state index contributed by atoms with van der Waals surface area (Å²) in [7, 11) is 3.86. The summed E-state index contributed by atoms with van der Waals surface area (Å²) in [6.07, 6.45) is 3.46. The molecule has 2 saturated heterocycles. The van der Waals surface area contributed by atoms with Gasteiger partial charge in [0.05, 0.1) is 7.11 Å². The first-order valence-corrected chi connectivity index (χ1v) is 8.95. The number of amides is 2. The number of nitrogens with zero attached hydrogens (tertiary/aromatic N) is 2. The van der Waals surface area contributed by atoms with Crippen molar-refractivity contribution >= 4 is 6.03 Å². The van der Waals surface area contributed by atoms with E-state index in [1.807, 2.05) is 19.1 Å². The summed E-state index contributed by atoms with van der Waals surface area (Å²) < 4.78 is 5.29. The first-order chi connectivity index (χ1) is 11.6. The second-order valence-electron chi connectivity index (χ2n) is 7.18. The molecule has 2 aliphatic heterocycles. The summed E-state index contributed by atoms with van der Waals surface area (Å²) in [5, 5.41) is 3.11. The van der Waals surface area contributed by atoms with E-state index >= 15 is 0 Å². The summed E-state index contributed by atoms with van der Waals surface area (Å²) in [5.74, 6) is 1.52. The van der Waals surface area contributed by atoms with Crippen molar-refractivity contribution in [1.29, 1.82) is 0 Å². The molecule has 0 unspecified atom stereocenters. The molecule has 2 fully saturated rings. The van der Waals surface area contributed by atoms with Crippen LogP contribution in [0.5, 0.6) is 5.75 Å². The number of likely N-dealkylation sites (tertiary alicyclic amines) is 2. The van der Waals surface area contributed by atoms with E-state index in [1.54, 1.807) is 7.11 Å². The number of carbonyl (C=O) groups excluding carboxylic acids is 1. The van der Waals surface area contributed by atoms with Crippen molar-refractivity contribution < 1.29 is 9.53 Å². The van der Waals surface area contributed by atoms with Crippen LogP contribution in [0.15, 0.2) is 18.2 Å². The Labute approximate surface area is 145 Å². The summed E-state index contributed by atoms with van der Waals surface area (Å²) in [6.45, 7) is 5.68. The molecule has 24 heavy (non-hydrogen) atoms. The summed E-state index contributed by atoms with van der Waals surface area (Å²) in [5.41, 5.74) is 2.20. The molecule has 1 aromatic rings. The Kier molecular flexibility index (Phi) is 5.29. The Morgan fingerprint density at radius 1 is 1.33 bits per heavy atom. The molecule has 5 heteroatoms. The van der Waals surface area contributed by atoms with Crippen LogP contribution in [-0.2, 0) is 6.54 Å². The minimum absolute atomic E-state index is 0.0859. The van der Waals surface area contributed by atoms with E-state index in [-0.39, 0.29) is 6.03 Å². The number of benzene rings is 1. The van der Waals surface area contributed by atoms with E-state index in [1.165, 1.54) is 6.42 Å². The Balaban J connectivity index is 1.59. The highest BCUT2D eigenvalue weighted by Crippen LogP contribution is 2.30. The normalized spacial score (nSPS) is 24.4. The lowest BCUT2D eigenvalue weighted by Crippen LogP contribution is -2.57. The minimum Gasteiger partial charge on any atom is -0.496 e. The molecular formula is C19H29N3O2. The molecule has 132 valence electrons. The number of nitrogens with one attached hydrogen (secondary N) is 1. The standard InChI is InChI=1S/C19H29N3O2/c1-14-11-15(6-7-18(14)24-3)12-20-19(23)22-9-4-5-16-13-21(2)10-8-17(16)22/h6-7,11,16-17H,4-5,8-10,12-13H2,1-3H3,(H,20,23)/t16-,17-/m1/s1. The SMILES string of the molecule is COc1ccc(CNC(=O)N2CCC[C@@H]3CN(C)CC[C@H]32)cc1C. The Morgan fingerprint density at radius 3 is 2.92 bits per heavy atom. The minimum atomic E-state index is 0.0859. The van der Waals surface area contributed by atoms with Gasteiger partial charge in [0.15, 0.2) is 0 Å². The lowest BCUT2D eigenvalue weighted by Gasteiger charge is -2.46. The molecule has 5 nitrogen and oxygen atoms in total. The Morgan fingerprint density at radius 2 is 2.17 bits per heavy atom. The number of fused-ring (bicyclic) bond motifs is 1. The zero-order chi connectivity index (χ0) is 17.1. The maximum Gasteiger partial charge on any atom is 0.317 e. The maximum absolute atomic E-state index is 12.7. The van der Waals surface area contributed by atoms with Gasteiger partial charge < -0.3 is 19.9 Å². The number of carbonyl (C=O) groups is 1. The van der Waals surface area contributed by atoms with Gasteiger partial charge in [0.1, 0.15) is 5.75 Å². The number of urea groups is 1. The fourth-order valence-electron chi connectivity index (χ4n) is 4.17. The van der Waals surface area contributed by atoms with Crippen LogP contribution in [0.3, 0.4) is 0 Å². The van der Waals surface area contributed by atoms with Crippen LogP contribution in [0.4, 0.5) is 4.79 Å². The Bertz CT molecular complexity index is 590. The van der Waals surface area contributed by atoms with Gasteiger partial charge in [0.2, 0.25) is 0 Å². The van der Waals surface area contributed by atoms with E-state index < -0.39 is 0 Å². The smallest absolute Gasteiger partial charge is 0.317 e. The molecule has 0 bridgehead atoms. The van der Waals surface area contributed by atoms with Gasteiger partial charge in [-0.05, 0) is 62.9 Å². The number of ether oxygens (including phenoxy) is 1. The molecule has 0 saturated carbocycles. The predicted octanol–water partition coefficient (Wildman–Crippen LogP) is 2.63. The molecule has 2 amide bonds. The van der Waals surface area contributed by atoms with E-state index in [2.05, 4.69) is 28.2 Å². The molecule has 3 rings (SSSR count). The van der Waals surface area contributed by atoms with Crippen molar-refractivity contribution in [3.8, 4) is 5.75 Å². The van der Waals surface area contributed by atoms with Gasteiger partial charge in [-0.2, -0.15) is 0 Å². The molecule has 0 spiro atoms. The molecule has 2 heterocycles. The van der Waals surface area contributed by atoms with Crippen molar-refractivity contribution in [2.75, 3.05) is 33.8 Å². The van der Waals surface area contributed by atoms with Crippen molar-refractivity contribution in [3.63, 3.8) is 0 Å². The zero-order valence-electron chi connectivity index (χ0n) is 15.0. The Hall–Kier alpha value is -1.75. The summed E-state index contributed by atoms with van der Waals surface area (Å²) >= 11 is 0. The third-order valence-electron chi connectivity index (χ3n) is 5.44. The van der Waals surface area contributed by atoms with E-state index in [0.717, 1.165) is 49.4 Å². The van der Waals surface area contributed by atoms with Crippen molar-refractivity contribution in [2.24, 2.45) is 5.92 Å². The number of methoxy groups -OCH3 is 1. The molecule has 2 aliphatic rings. The first kappa shape index (κ1) is 17.1. The van der Waals surface area contributed by atoms with Crippen molar-refractivity contribution in [3.05, 3.63) is 29.3 Å². The van der Waals surface area contributed by atoms with Crippen molar-refractivity contribution in [2.45, 2.75) is 38.8 Å². The largest absolute Gasteiger partial charge is 0.496 e. The molecule has 0 aliphatic carbocycles. The highest BCUT2D eigenvalue weighted by atomic mass is 16.5. The number of piperidine rings is 2. The summed E-state index contributed by atoms with van der Waals surface area (Å²) in [4.78, 5) is 17.2. The molecule has 0 aromatic heterocycles. The van der Waals surface area contributed by atoms with Crippen LogP contribution in [0, 0.1) is 12.8 Å². The van der Waals surface area contributed by atoms with E-state index in [9.17, 15) is 4.79 Å². The van der Waals surface area contributed by atoms with Gasteiger partial charge in [-0.15, -0.1) is 0 Å². The predicted molar refractivity (Wildman–Crippen MR) is 95.3 cm³/mol. The average molecular weight is 331 g/mol. The van der Waals surface area contributed by atoms with Crippen LogP contribution < -0.4 is 10.1 Å². The lowest BCUT2D eigenvalue weighted by atomic mass is 9.84. The topological polar surface area (TPSA) is 44.8 Å². The molecular weight excluding hydrogens is 302 g/mol. The zero-order valence-corrected chi connectivity index (χ0v) is 15.0. The van der Waals surface area contributed by atoms with Crippen molar-refractivity contribution in [1.82, 2.24) is 15.1 Å². The second kappa shape index (κ2) is 7.43. The third-order valence-corrected chi connectivity index (χ3v) is 5.44. The number of aryl methyl sites for hydroxylation is 1. The van der Waals surface area contributed by atoms with Gasteiger partial charge in [-0.25, -0.2) is 4.79 Å². The fraction of sp³-hybridized carbons (Fsp3) is 0.632. The number of hydrogen-bond donors (Lipinski definition) is 1. The number of rotatable bonds is 3. The van der Waals surface area contributed by atoms with Crippen LogP contribution >= 0.6 is 0 Å². The van der Waals surface area contributed by atoms with Gasteiger partial charge in [0.25, 0.3) is 0 Å². The fourth-order valence-corrected chi connectivity index (χ4v) is 4.17. The maximum atomic E-state index is 12.7. The lowest BCUT2D eigenvalue weighted by molar-refractivity contribution is 0.0532. The molecule has 1 N–H and O–H groups in total. The van der Waals surface area contributed by atoms with Gasteiger partial charge >= 0.3 is 6.03 Å². The van der Waals surface area contributed by atoms with Crippen LogP contribution in [0.1, 0.15) is 30.4 Å². The monoisotopic (exact) mass is 331 g/mol. The van der Waals surface area contributed by atoms with Gasteiger partial charge in [-0.1, -0.05) is 12.1 Å². The van der Waals surface area contributed by atoms with Gasteiger partial charge in [0, 0.05) is 25.7 Å². The second-order valence-corrected chi connectivity index (χ2v) is 7.18.